The molecule has 1 heterocycles. The van der Waals surface area contributed by atoms with Crippen LogP contribution >= 0.6 is 11.6 Å². The number of aliphatic hydroxyl groups is 1. The predicted octanol–water partition coefficient (Wildman–Crippen LogP) is 1.60. The molecule has 7 heteroatoms. The van der Waals surface area contributed by atoms with Crippen LogP contribution in [-0.4, -0.2) is 36.5 Å². The number of hydrogen-bond donors (Lipinski definition) is 1. The smallest absolute Gasteiger partial charge is 0.236 e. The van der Waals surface area contributed by atoms with Gasteiger partial charge in [0.15, 0.2) is 0 Å². The first-order valence-corrected chi connectivity index (χ1v) is 7.76. The minimum absolute atomic E-state index is 0.0478. The first-order valence-electron chi connectivity index (χ1n) is 5.88. The van der Waals surface area contributed by atoms with E-state index in [1.165, 1.54) is 6.08 Å². The van der Waals surface area contributed by atoms with Crippen molar-refractivity contribution >= 4 is 27.7 Å². The van der Waals surface area contributed by atoms with Crippen LogP contribution in [0.5, 0.6) is 0 Å². The molecule has 2 rings (SSSR count). The minimum atomic E-state index is -3.57. The average Bonchev–Trinajstić information content (AvgIpc) is 2.35. The van der Waals surface area contributed by atoms with Gasteiger partial charge in [-0.05, 0) is 23.8 Å². The van der Waals surface area contributed by atoms with Gasteiger partial charge in [0.05, 0.1) is 12.5 Å². The Morgan fingerprint density at radius 1 is 1.40 bits per heavy atom. The summed E-state index contributed by atoms with van der Waals surface area (Å²) in [6.07, 6.45) is 1.40. The van der Waals surface area contributed by atoms with Crippen LogP contribution in [0.2, 0.25) is 5.02 Å². The molecule has 5 nitrogen and oxygen atoms in total. The number of nitriles is 1. The van der Waals surface area contributed by atoms with E-state index >= 15 is 0 Å². The molecule has 1 fully saturated rings. The standard InChI is InChI=1S/C13H13ClN2O3S/c14-12-3-1-11(2-4-12)5-8-20(18,19)16-9-13(17,10-16)6-7-15/h1-5,8,17H,6,9-10H2. The molecule has 1 aromatic rings. The quantitative estimate of drug-likeness (QED) is 0.915. The van der Waals surface area contributed by atoms with Crippen molar-refractivity contribution in [3.63, 3.8) is 0 Å². The van der Waals surface area contributed by atoms with Crippen molar-refractivity contribution in [3.8, 4) is 6.07 Å². The van der Waals surface area contributed by atoms with E-state index in [1.807, 2.05) is 6.07 Å². The van der Waals surface area contributed by atoms with Gasteiger partial charge < -0.3 is 5.11 Å². The van der Waals surface area contributed by atoms with E-state index in [0.717, 1.165) is 9.71 Å². The molecular weight excluding hydrogens is 300 g/mol. The van der Waals surface area contributed by atoms with Gasteiger partial charge in [0.25, 0.3) is 0 Å². The van der Waals surface area contributed by atoms with Crippen molar-refractivity contribution in [2.45, 2.75) is 12.0 Å². The molecule has 0 spiro atoms. The molecule has 1 aliphatic rings. The van der Waals surface area contributed by atoms with Crippen molar-refractivity contribution in [1.29, 1.82) is 5.26 Å². The fraction of sp³-hybridized carbons (Fsp3) is 0.308. The predicted molar refractivity (Wildman–Crippen MR) is 76.2 cm³/mol. The van der Waals surface area contributed by atoms with Gasteiger partial charge >= 0.3 is 0 Å². The van der Waals surface area contributed by atoms with Gasteiger partial charge in [0.1, 0.15) is 5.60 Å². The van der Waals surface area contributed by atoms with Crippen molar-refractivity contribution in [3.05, 3.63) is 40.3 Å². The lowest BCUT2D eigenvalue weighted by molar-refractivity contribution is -0.0541. The Bertz CT molecular complexity index is 656. The summed E-state index contributed by atoms with van der Waals surface area (Å²) >= 11 is 5.74. The maximum Gasteiger partial charge on any atom is 0.236 e. The van der Waals surface area contributed by atoms with Gasteiger partial charge in [-0.2, -0.15) is 9.57 Å². The molecule has 1 aliphatic heterocycles. The zero-order valence-electron chi connectivity index (χ0n) is 10.5. The van der Waals surface area contributed by atoms with Crippen LogP contribution in [0, 0.1) is 11.3 Å². The Hall–Kier alpha value is -1.39. The van der Waals surface area contributed by atoms with Crippen molar-refractivity contribution in [2.75, 3.05) is 13.1 Å². The van der Waals surface area contributed by atoms with E-state index in [2.05, 4.69) is 0 Å². The lowest BCUT2D eigenvalue weighted by atomic mass is 9.94. The van der Waals surface area contributed by atoms with Crippen LogP contribution in [0.25, 0.3) is 6.08 Å². The number of β-amino-alcohol motifs (C(OH)–C–C–N with tert-alkyl or cyclic N) is 1. The van der Waals surface area contributed by atoms with Crippen molar-refractivity contribution in [2.24, 2.45) is 0 Å². The lowest BCUT2D eigenvalue weighted by Gasteiger charge is -2.43. The third kappa shape index (κ3) is 3.38. The highest BCUT2D eigenvalue weighted by molar-refractivity contribution is 7.92. The van der Waals surface area contributed by atoms with Gasteiger partial charge in [-0.15, -0.1) is 0 Å². The summed E-state index contributed by atoms with van der Waals surface area (Å²) in [6.45, 7) is -0.0955. The summed E-state index contributed by atoms with van der Waals surface area (Å²) in [4.78, 5) is 0. The minimum Gasteiger partial charge on any atom is -0.386 e. The van der Waals surface area contributed by atoms with Gasteiger partial charge in [-0.3, -0.25) is 0 Å². The zero-order valence-corrected chi connectivity index (χ0v) is 12.1. The maximum absolute atomic E-state index is 12.0. The molecule has 0 atom stereocenters. The van der Waals surface area contributed by atoms with Crippen LogP contribution in [0.4, 0.5) is 0 Å². The number of benzene rings is 1. The van der Waals surface area contributed by atoms with Crippen LogP contribution in [0.1, 0.15) is 12.0 Å². The maximum atomic E-state index is 12.0. The largest absolute Gasteiger partial charge is 0.386 e. The van der Waals surface area contributed by atoms with E-state index in [1.54, 1.807) is 24.3 Å². The molecule has 0 bridgehead atoms. The fourth-order valence-corrected chi connectivity index (χ4v) is 3.34. The highest BCUT2D eigenvalue weighted by Gasteiger charge is 2.45. The molecule has 20 heavy (non-hydrogen) atoms. The van der Waals surface area contributed by atoms with Gasteiger partial charge in [0, 0.05) is 23.5 Å². The molecule has 106 valence electrons. The summed E-state index contributed by atoms with van der Waals surface area (Å²) in [6, 6.07) is 8.59. The third-order valence-corrected chi connectivity index (χ3v) is 4.72. The molecular formula is C13H13ClN2O3S. The Morgan fingerprint density at radius 2 is 2.00 bits per heavy atom. The molecule has 0 aliphatic carbocycles. The topological polar surface area (TPSA) is 81.4 Å². The Labute approximate surface area is 122 Å². The number of sulfonamides is 1. The molecule has 0 unspecified atom stereocenters. The van der Waals surface area contributed by atoms with E-state index in [9.17, 15) is 13.5 Å². The summed E-state index contributed by atoms with van der Waals surface area (Å²) in [5.74, 6) is 0. The first-order chi connectivity index (χ1) is 9.35. The summed E-state index contributed by atoms with van der Waals surface area (Å²) in [5, 5.41) is 20.0. The third-order valence-electron chi connectivity index (χ3n) is 3.01. The number of hydrogen-bond acceptors (Lipinski definition) is 4. The molecule has 0 radical (unpaired) electrons. The van der Waals surface area contributed by atoms with Crippen molar-refractivity contribution < 1.29 is 13.5 Å². The Balaban J connectivity index is 2.03. The summed E-state index contributed by atoms with van der Waals surface area (Å²) in [5.41, 5.74) is -0.499. The lowest BCUT2D eigenvalue weighted by Crippen LogP contribution is -2.62. The normalized spacial score (nSPS) is 18.6. The van der Waals surface area contributed by atoms with Crippen LogP contribution in [-0.2, 0) is 10.0 Å². The molecule has 1 saturated heterocycles. The van der Waals surface area contributed by atoms with Gasteiger partial charge in [0.2, 0.25) is 10.0 Å². The van der Waals surface area contributed by atoms with E-state index in [-0.39, 0.29) is 19.5 Å². The van der Waals surface area contributed by atoms with E-state index in [0.29, 0.717) is 10.6 Å². The summed E-state index contributed by atoms with van der Waals surface area (Å²) in [7, 11) is -3.57. The average molecular weight is 313 g/mol. The molecule has 1 N–H and O–H groups in total. The van der Waals surface area contributed by atoms with Crippen LogP contribution in [0.3, 0.4) is 0 Å². The monoisotopic (exact) mass is 312 g/mol. The molecule has 0 saturated carbocycles. The van der Waals surface area contributed by atoms with Gasteiger partial charge in [-0.25, -0.2) is 8.42 Å². The van der Waals surface area contributed by atoms with E-state index < -0.39 is 15.6 Å². The molecule has 0 amide bonds. The number of nitrogens with zero attached hydrogens (tertiary/aromatic N) is 2. The molecule has 1 aromatic carbocycles. The summed E-state index contributed by atoms with van der Waals surface area (Å²) < 4.78 is 25.1. The first kappa shape index (κ1) is 15.0. The van der Waals surface area contributed by atoms with Crippen LogP contribution < -0.4 is 0 Å². The number of rotatable bonds is 4. The van der Waals surface area contributed by atoms with Crippen LogP contribution in [0.15, 0.2) is 29.7 Å². The SMILES string of the molecule is N#CCC1(O)CN(S(=O)(=O)C=Cc2ccc(Cl)cc2)C1. The molecule has 0 aromatic heterocycles. The highest BCUT2D eigenvalue weighted by atomic mass is 35.5. The Kier molecular flexibility index (Phi) is 4.16. The second-order valence-electron chi connectivity index (χ2n) is 4.73. The number of halogens is 1. The van der Waals surface area contributed by atoms with Crippen molar-refractivity contribution in [1.82, 2.24) is 4.31 Å². The van der Waals surface area contributed by atoms with E-state index in [4.69, 9.17) is 16.9 Å². The second-order valence-corrected chi connectivity index (χ2v) is 6.98. The zero-order chi connectivity index (χ0) is 14.8. The van der Waals surface area contributed by atoms with Gasteiger partial charge in [-0.1, -0.05) is 23.7 Å². The Morgan fingerprint density at radius 3 is 2.55 bits per heavy atom. The second kappa shape index (κ2) is 5.54. The highest BCUT2D eigenvalue weighted by Crippen LogP contribution is 2.27. The fourth-order valence-electron chi connectivity index (χ4n) is 1.87.